The predicted molar refractivity (Wildman–Crippen MR) is 47.2 cm³/mol. The van der Waals surface area contributed by atoms with Crippen LogP contribution < -0.4 is 5.73 Å². The highest BCUT2D eigenvalue weighted by atomic mass is 19.4. The van der Waals surface area contributed by atoms with Gasteiger partial charge in [-0.3, -0.25) is 0 Å². The van der Waals surface area contributed by atoms with Crippen molar-refractivity contribution in [3.05, 3.63) is 29.1 Å². The van der Waals surface area contributed by atoms with Crippen LogP contribution in [0.25, 0.3) is 0 Å². The van der Waals surface area contributed by atoms with Gasteiger partial charge < -0.3 is 10.5 Å². The Balaban J connectivity index is 3.39. The maximum Gasteiger partial charge on any atom is 0.416 e. The van der Waals surface area contributed by atoms with Gasteiger partial charge in [0, 0.05) is 0 Å². The number of carbonyl (C=O) groups is 1. The number of rotatable bonds is 1. The van der Waals surface area contributed by atoms with E-state index in [1.54, 1.807) is 0 Å². The molecule has 3 nitrogen and oxygen atoms in total. The molecular formula is C9H7F4NO2. The number of halogens is 4. The molecule has 0 heterocycles. The summed E-state index contributed by atoms with van der Waals surface area (Å²) in [5.74, 6) is -2.43. The van der Waals surface area contributed by atoms with E-state index < -0.39 is 34.8 Å². The second-order valence-electron chi connectivity index (χ2n) is 2.91. The van der Waals surface area contributed by atoms with Gasteiger partial charge in [-0.25, -0.2) is 9.18 Å². The van der Waals surface area contributed by atoms with E-state index in [9.17, 15) is 22.4 Å². The molecule has 7 heteroatoms. The first-order valence-electron chi connectivity index (χ1n) is 4.02. The van der Waals surface area contributed by atoms with Gasteiger partial charge >= 0.3 is 12.1 Å². The maximum absolute atomic E-state index is 13.0. The molecular weight excluding hydrogens is 230 g/mol. The normalized spacial score (nSPS) is 11.3. The summed E-state index contributed by atoms with van der Waals surface area (Å²) in [6.07, 6.45) is -4.75. The Hall–Kier alpha value is -1.79. The van der Waals surface area contributed by atoms with E-state index in [1.165, 1.54) is 0 Å². The van der Waals surface area contributed by atoms with Crippen molar-refractivity contribution in [3.8, 4) is 0 Å². The smallest absolute Gasteiger partial charge is 0.416 e. The number of methoxy groups -OCH3 is 1. The molecule has 1 rings (SSSR count). The molecule has 1 aromatic carbocycles. The summed E-state index contributed by atoms with van der Waals surface area (Å²) < 4.78 is 54.1. The van der Waals surface area contributed by atoms with E-state index in [-0.39, 0.29) is 6.07 Å². The van der Waals surface area contributed by atoms with E-state index in [1.807, 2.05) is 0 Å². The molecule has 0 atom stereocenters. The van der Waals surface area contributed by atoms with Crippen molar-refractivity contribution in [3.63, 3.8) is 0 Å². The number of hydrogen-bond acceptors (Lipinski definition) is 3. The van der Waals surface area contributed by atoms with Gasteiger partial charge in [-0.1, -0.05) is 0 Å². The standard InChI is InChI=1S/C9H7F4NO2/c1-16-8(15)5-2-4(9(11,12)13)3-6(10)7(5)14/h2-3H,14H2,1H3. The van der Waals surface area contributed by atoms with Crippen LogP contribution in [-0.2, 0) is 10.9 Å². The molecule has 88 valence electrons. The van der Waals surface area contributed by atoms with Crippen LogP contribution in [0.5, 0.6) is 0 Å². The van der Waals surface area contributed by atoms with Crippen LogP contribution in [0.4, 0.5) is 23.2 Å². The van der Waals surface area contributed by atoms with E-state index in [0.29, 0.717) is 6.07 Å². The fourth-order valence-electron chi connectivity index (χ4n) is 1.06. The molecule has 0 bridgehead atoms. The molecule has 0 unspecified atom stereocenters. The highest BCUT2D eigenvalue weighted by Gasteiger charge is 2.33. The molecule has 0 aliphatic rings. The molecule has 1 aromatic rings. The Morgan fingerprint density at radius 1 is 1.38 bits per heavy atom. The second-order valence-corrected chi connectivity index (χ2v) is 2.91. The van der Waals surface area contributed by atoms with Gasteiger partial charge in [0.2, 0.25) is 0 Å². The minimum Gasteiger partial charge on any atom is -0.465 e. The molecule has 2 N–H and O–H groups in total. The molecule has 16 heavy (non-hydrogen) atoms. The lowest BCUT2D eigenvalue weighted by atomic mass is 10.1. The monoisotopic (exact) mass is 237 g/mol. The summed E-state index contributed by atoms with van der Waals surface area (Å²) in [6.45, 7) is 0. The number of carbonyl (C=O) groups excluding carboxylic acids is 1. The van der Waals surface area contributed by atoms with Crippen LogP contribution in [0.2, 0.25) is 0 Å². The quantitative estimate of drug-likeness (QED) is 0.463. The number of nitrogens with two attached hydrogens (primary N) is 1. The van der Waals surface area contributed by atoms with E-state index in [0.717, 1.165) is 7.11 Å². The van der Waals surface area contributed by atoms with E-state index >= 15 is 0 Å². The number of anilines is 1. The zero-order valence-electron chi connectivity index (χ0n) is 8.06. The fourth-order valence-corrected chi connectivity index (χ4v) is 1.06. The third-order valence-corrected chi connectivity index (χ3v) is 1.86. The molecule has 0 saturated carbocycles. The summed E-state index contributed by atoms with van der Waals surface area (Å²) in [4.78, 5) is 11.0. The van der Waals surface area contributed by atoms with Crippen LogP contribution >= 0.6 is 0 Å². The summed E-state index contributed by atoms with van der Waals surface area (Å²) >= 11 is 0. The number of alkyl halides is 3. The SMILES string of the molecule is COC(=O)c1cc(C(F)(F)F)cc(F)c1N. The molecule has 0 radical (unpaired) electrons. The van der Waals surface area contributed by atoms with Crippen LogP contribution in [0, 0.1) is 5.82 Å². The summed E-state index contributed by atoms with van der Waals surface area (Å²) in [6, 6.07) is 0.673. The number of esters is 1. The third-order valence-electron chi connectivity index (χ3n) is 1.86. The van der Waals surface area contributed by atoms with Crippen molar-refractivity contribution in [2.24, 2.45) is 0 Å². The largest absolute Gasteiger partial charge is 0.465 e. The third kappa shape index (κ3) is 2.23. The Morgan fingerprint density at radius 2 is 1.94 bits per heavy atom. The lowest BCUT2D eigenvalue weighted by molar-refractivity contribution is -0.137. The Morgan fingerprint density at radius 3 is 2.38 bits per heavy atom. The molecule has 0 aliphatic heterocycles. The molecule has 0 aromatic heterocycles. The molecule has 0 amide bonds. The van der Waals surface area contributed by atoms with Gasteiger partial charge in [0.1, 0.15) is 5.82 Å². The highest BCUT2D eigenvalue weighted by Crippen LogP contribution is 2.32. The number of hydrogen-bond donors (Lipinski definition) is 1. The molecule has 0 saturated heterocycles. The van der Waals surface area contributed by atoms with Gasteiger partial charge in [0.05, 0.1) is 23.9 Å². The lowest BCUT2D eigenvalue weighted by Crippen LogP contribution is -2.12. The summed E-state index contributed by atoms with van der Waals surface area (Å²) in [5, 5.41) is 0. The minimum atomic E-state index is -4.75. The first-order chi connectivity index (χ1) is 7.27. The Bertz CT molecular complexity index is 428. The zero-order valence-corrected chi connectivity index (χ0v) is 8.06. The van der Waals surface area contributed by atoms with Crippen molar-refractivity contribution < 1.29 is 27.1 Å². The Kier molecular flexibility index (Phi) is 3.06. The average Bonchev–Trinajstić information content (AvgIpc) is 2.19. The van der Waals surface area contributed by atoms with Gasteiger partial charge in [-0.15, -0.1) is 0 Å². The first-order valence-corrected chi connectivity index (χ1v) is 4.02. The van der Waals surface area contributed by atoms with Crippen molar-refractivity contribution in [1.82, 2.24) is 0 Å². The van der Waals surface area contributed by atoms with Crippen LogP contribution in [0.3, 0.4) is 0 Å². The lowest BCUT2D eigenvalue weighted by Gasteiger charge is -2.10. The zero-order chi connectivity index (χ0) is 12.5. The van der Waals surface area contributed by atoms with E-state index in [4.69, 9.17) is 5.73 Å². The Labute approximate surface area is 87.8 Å². The van der Waals surface area contributed by atoms with Crippen LogP contribution in [0.1, 0.15) is 15.9 Å². The van der Waals surface area contributed by atoms with E-state index in [2.05, 4.69) is 4.74 Å². The van der Waals surface area contributed by atoms with Crippen molar-refractivity contribution in [2.75, 3.05) is 12.8 Å². The highest BCUT2D eigenvalue weighted by molar-refractivity contribution is 5.95. The summed E-state index contributed by atoms with van der Waals surface area (Å²) in [5.41, 5.74) is 2.53. The number of nitrogen functional groups attached to an aromatic ring is 1. The first kappa shape index (κ1) is 12.3. The minimum absolute atomic E-state index is 0.224. The van der Waals surface area contributed by atoms with Crippen LogP contribution in [-0.4, -0.2) is 13.1 Å². The van der Waals surface area contributed by atoms with Gasteiger partial charge in [-0.2, -0.15) is 13.2 Å². The topological polar surface area (TPSA) is 52.3 Å². The predicted octanol–water partition coefficient (Wildman–Crippen LogP) is 2.21. The van der Waals surface area contributed by atoms with Gasteiger partial charge in [0.15, 0.2) is 0 Å². The van der Waals surface area contributed by atoms with Gasteiger partial charge in [-0.05, 0) is 12.1 Å². The fraction of sp³-hybridized carbons (Fsp3) is 0.222. The number of benzene rings is 1. The molecule has 0 fully saturated rings. The molecule has 0 aliphatic carbocycles. The molecule has 0 spiro atoms. The average molecular weight is 237 g/mol. The maximum atomic E-state index is 13.0. The van der Waals surface area contributed by atoms with Gasteiger partial charge in [0.25, 0.3) is 0 Å². The van der Waals surface area contributed by atoms with Crippen molar-refractivity contribution >= 4 is 11.7 Å². The van der Waals surface area contributed by atoms with Crippen molar-refractivity contribution in [2.45, 2.75) is 6.18 Å². The summed E-state index contributed by atoms with van der Waals surface area (Å²) in [7, 11) is 0.958. The number of ether oxygens (including phenoxy) is 1. The second kappa shape index (κ2) is 3.99. The van der Waals surface area contributed by atoms with Crippen molar-refractivity contribution in [1.29, 1.82) is 0 Å². The van der Waals surface area contributed by atoms with Crippen LogP contribution in [0.15, 0.2) is 12.1 Å².